The molecule has 2 fully saturated rings. The Morgan fingerprint density at radius 1 is 1.07 bits per heavy atom. The molecule has 3 atom stereocenters. The van der Waals surface area contributed by atoms with Crippen molar-refractivity contribution in [1.82, 2.24) is 4.90 Å². The fourth-order valence-electron chi connectivity index (χ4n) is 3.76. The van der Waals surface area contributed by atoms with E-state index in [-0.39, 0.29) is 0 Å². The van der Waals surface area contributed by atoms with Crippen molar-refractivity contribution in [3.8, 4) is 0 Å². The van der Waals surface area contributed by atoms with E-state index in [0.717, 1.165) is 29.8 Å². The van der Waals surface area contributed by atoms with E-state index < -0.39 is 0 Å². The number of rotatable bonds is 2. The van der Waals surface area contributed by atoms with Crippen molar-refractivity contribution < 1.29 is 0 Å². The largest absolute Gasteiger partial charge is 0.297 e. The highest BCUT2D eigenvalue weighted by atomic mass is 15.2. The predicted octanol–water partition coefficient (Wildman–Crippen LogP) is 3.15. The first-order chi connectivity index (χ1) is 6.59. The van der Waals surface area contributed by atoms with E-state index in [1.54, 1.807) is 0 Å². The summed E-state index contributed by atoms with van der Waals surface area (Å²) in [4.78, 5) is 2.77. The van der Waals surface area contributed by atoms with Gasteiger partial charge in [-0.1, -0.05) is 13.8 Å². The summed E-state index contributed by atoms with van der Waals surface area (Å²) in [7, 11) is 0. The number of hydrogen-bond acceptors (Lipinski definition) is 1. The van der Waals surface area contributed by atoms with Gasteiger partial charge in [0.05, 0.1) is 0 Å². The van der Waals surface area contributed by atoms with Crippen molar-refractivity contribution in [2.24, 2.45) is 17.8 Å². The lowest BCUT2D eigenvalue weighted by Gasteiger charge is -2.45. The second kappa shape index (κ2) is 3.84. The molecule has 1 saturated carbocycles. The fraction of sp³-hybridized carbons (Fsp3) is 1.00. The molecule has 0 aromatic rings. The first-order valence-corrected chi connectivity index (χ1v) is 6.35. The molecule has 0 aromatic carbocycles. The molecular weight excluding hydrogens is 170 g/mol. The van der Waals surface area contributed by atoms with Crippen LogP contribution in [0.5, 0.6) is 0 Å². The Balaban J connectivity index is 2.14. The summed E-state index contributed by atoms with van der Waals surface area (Å²) < 4.78 is 0. The van der Waals surface area contributed by atoms with Crippen LogP contribution in [-0.4, -0.2) is 23.5 Å². The Morgan fingerprint density at radius 3 is 2.36 bits per heavy atom. The van der Waals surface area contributed by atoms with Crippen molar-refractivity contribution in [1.29, 1.82) is 0 Å². The summed E-state index contributed by atoms with van der Waals surface area (Å²) >= 11 is 0. The van der Waals surface area contributed by atoms with Crippen LogP contribution in [0.3, 0.4) is 0 Å². The van der Waals surface area contributed by atoms with Gasteiger partial charge >= 0.3 is 0 Å². The van der Waals surface area contributed by atoms with Gasteiger partial charge < -0.3 is 0 Å². The summed E-state index contributed by atoms with van der Waals surface area (Å²) in [6, 6.07) is 1.61. The van der Waals surface area contributed by atoms with Gasteiger partial charge in [-0.3, -0.25) is 4.90 Å². The quantitative estimate of drug-likeness (QED) is 0.654. The van der Waals surface area contributed by atoms with E-state index in [4.69, 9.17) is 0 Å². The van der Waals surface area contributed by atoms with Crippen LogP contribution in [0.25, 0.3) is 0 Å². The first kappa shape index (κ1) is 10.5. The van der Waals surface area contributed by atoms with Gasteiger partial charge in [-0.2, -0.15) is 0 Å². The summed E-state index contributed by atoms with van der Waals surface area (Å²) in [5.41, 5.74) is 0. The predicted molar refractivity (Wildman–Crippen MR) is 61.3 cm³/mol. The third-order valence-electron chi connectivity index (χ3n) is 4.26. The number of likely N-dealkylation sites (tertiary alicyclic amines) is 1. The molecule has 0 unspecified atom stereocenters. The first-order valence-electron chi connectivity index (χ1n) is 6.35. The highest BCUT2D eigenvalue weighted by Gasteiger charge is 2.42. The third kappa shape index (κ3) is 1.71. The summed E-state index contributed by atoms with van der Waals surface area (Å²) in [6.45, 7) is 10.9. The van der Waals surface area contributed by atoms with Crippen LogP contribution in [0, 0.1) is 17.8 Å². The van der Waals surface area contributed by atoms with E-state index in [1.807, 2.05) is 0 Å². The van der Waals surface area contributed by atoms with Crippen molar-refractivity contribution >= 4 is 0 Å². The zero-order valence-corrected chi connectivity index (χ0v) is 10.2. The molecule has 0 radical (unpaired) electrons. The molecule has 82 valence electrons. The second-order valence-electron chi connectivity index (χ2n) is 5.96. The molecule has 1 heterocycles. The Hall–Kier alpha value is -0.0400. The minimum Gasteiger partial charge on any atom is -0.297 e. The maximum absolute atomic E-state index is 2.77. The summed E-state index contributed by atoms with van der Waals surface area (Å²) in [5, 5.41) is 0. The molecule has 2 bridgehead atoms. The van der Waals surface area contributed by atoms with Gasteiger partial charge in [0.15, 0.2) is 0 Å². The molecule has 0 N–H and O–H groups in total. The minimum atomic E-state index is 0.741. The van der Waals surface area contributed by atoms with Gasteiger partial charge in [0, 0.05) is 18.6 Å². The van der Waals surface area contributed by atoms with Gasteiger partial charge in [-0.25, -0.2) is 0 Å². The standard InChI is InChI=1S/C13H25N/c1-9(2)13-12-6-5-11(7-12)8-14(13)10(3)4/h9-13H,5-8H2,1-4H3/t11-,12+,13-/m1/s1. The Labute approximate surface area is 88.9 Å². The lowest BCUT2D eigenvalue weighted by molar-refractivity contribution is 0.0347. The second-order valence-corrected chi connectivity index (χ2v) is 5.96. The average Bonchev–Trinajstić information content (AvgIpc) is 2.46. The highest BCUT2D eigenvalue weighted by molar-refractivity contribution is 4.95. The van der Waals surface area contributed by atoms with Crippen LogP contribution in [0.4, 0.5) is 0 Å². The number of hydrogen-bond donors (Lipinski definition) is 0. The van der Waals surface area contributed by atoms with Crippen molar-refractivity contribution in [2.75, 3.05) is 6.54 Å². The minimum absolute atomic E-state index is 0.741. The summed E-state index contributed by atoms with van der Waals surface area (Å²) in [6.07, 6.45) is 4.51. The monoisotopic (exact) mass is 195 g/mol. The van der Waals surface area contributed by atoms with Crippen molar-refractivity contribution in [3.05, 3.63) is 0 Å². The molecular formula is C13H25N. The molecule has 1 aliphatic heterocycles. The lowest BCUT2D eigenvalue weighted by Crippen LogP contribution is -2.51. The molecule has 0 aromatic heterocycles. The van der Waals surface area contributed by atoms with Crippen LogP contribution in [0.15, 0.2) is 0 Å². The third-order valence-corrected chi connectivity index (χ3v) is 4.26. The van der Waals surface area contributed by atoms with Gasteiger partial charge in [-0.05, 0) is 50.9 Å². The summed E-state index contributed by atoms with van der Waals surface area (Å²) in [5.74, 6) is 2.87. The molecule has 1 aliphatic carbocycles. The van der Waals surface area contributed by atoms with Gasteiger partial charge in [0.1, 0.15) is 0 Å². The molecule has 1 nitrogen and oxygen atoms in total. The van der Waals surface area contributed by atoms with E-state index in [9.17, 15) is 0 Å². The van der Waals surface area contributed by atoms with Crippen LogP contribution in [0.2, 0.25) is 0 Å². The Kier molecular flexibility index (Phi) is 2.88. The van der Waals surface area contributed by atoms with Crippen LogP contribution < -0.4 is 0 Å². The van der Waals surface area contributed by atoms with Crippen LogP contribution in [-0.2, 0) is 0 Å². The maximum atomic E-state index is 2.77. The Bertz CT molecular complexity index is 197. The van der Waals surface area contributed by atoms with Gasteiger partial charge in [-0.15, -0.1) is 0 Å². The van der Waals surface area contributed by atoms with Crippen LogP contribution in [0.1, 0.15) is 47.0 Å². The van der Waals surface area contributed by atoms with E-state index in [1.165, 1.54) is 25.8 Å². The normalized spacial score (nSPS) is 38.6. The van der Waals surface area contributed by atoms with E-state index in [0.29, 0.717) is 0 Å². The SMILES string of the molecule is CC(C)[C@@H]1[C@H]2CC[C@H](C2)CN1C(C)C. The molecule has 2 aliphatic rings. The van der Waals surface area contributed by atoms with Crippen molar-refractivity contribution in [3.63, 3.8) is 0 Å². The van der Waals surface area contributed by atoms with Crippen molar-refractivity contribution in [2.45, 2.75) is 59.0 Å². The molecule has 14 heavy (non-hydrogen) atoms. The van der Waals surface area contributed by atoms with E-state index >= 15 is 0 Å². The number of fused-ring (bicyclic) bond motifs is 2. The zero-order chi connectivity index (χ0) is 10.3. The molecule has 0 spiro atoms. The Morgan fingerprint density at radius 2 is 1.79 bits per heavy atom. The number of nitrogens with zero attached hydrogens (tertiary/aromatic N) is 1. The van der Waals surface area contributed by atoms with Gasteiger partial charge in [0.2, 0.25) is 0 Å². The zero-order valence-electron chi connectivity index (χ0n) is 10.2. The molecule has 2 rings (SSSR count). The lowest BCUT2D eigenvalue weighted by atomic mass is 9.83. The highest BCUT2D eigenvalue weighted by Crippen LogP contribution is 2.43. The number of piperidine rings is 1. The fourth-order valence-corrected chi connectivity index (χ4v) is 3.76. The molecule has 0 amide bonds. The van der Waals surface area contributed by atoms with Crippen LogP contribution >= 0.6 is 0 Å². The maximum Gasteiger partial charge on any atom is 0.0149 e. The van der Waals surface area contributed by atoms with Gasteiger partial charge in [0.25, 0.3) is 0 Å². The topological polar surface area (TPSA) is 3.24 Å². The average molecular weight is 195 g/mol. The smallest absolute Gasteiger partial charge is 0.0149 e. The van der Waals surface area contributed by atoms with E-state index in [2.05, 4.69) is 32.6 Å². The molecule has 1 heteroatoms. The molecule has 1 saturated heterocycles.